The van der Waals surface area contributed by atoms with Gasteiger partial charge in [0.15, 0.2) is 0 Å². The molecule has 0 aliphatic rings. The molecule has 0 bridgehead atoms. The first-order valence-electron chi connectivity index (χ1n) is 5.58. The monoisotopic (exact) mass is 372 g/mol. The minimum absolute atomic E-state index is 0.0526. The molecule has 2 aromatic rings. The first-order valence-corrected chi connectivity index (χ1v) is 7.64. The van der Waals surface area contributed by atoms with Crippen molar-refractivity contribution in [1.82, 2.24) is 9.55 Å². The van der Waals surface area contributed by atoms with Crippen LogP contribution < -0.4 is 5.56 Å². The largest absolute Gasteiger partial charge is 0.298 e. The first-order chi connectivity index (χ1) is 8.68. The van der Waals surface area contributed by atoms with Gasteiger partial charge < -0.3 is 0 Å². The molecule has 1 aromatic carbocycles. The van der Waals surface area contributed by atoms with Crippen LogP contribution in [0.15, 0.2) is 46.3 Å². The molecule has 3 nitrogen and oxygen atoms in total. The van der Waals surface area contributed by atoms with E-state index >= 15 is 0 Å². The summed E-state index contributed by atoms with van der Waals surface area (Å²) in [5.41, 5.74) is 0.851. The highest BCUT2D eigenvalue weighted by molar-refractivity contribution is 14.1. The van der Waals surface area contributed by atoms with Crippen LogP contribution in [0.3, 0.4) is 0 Å². The Morgan fingerprint density at radius 3 is 2.78 bits per heavy atom. The number of aromatic nitrogens is 2. The highest BCUT2D eigenvalue weighted by Crippen LogP contribution is 2.16. The number of thioether (sulfide) groups is 1. The van der Waals surface area contributed by atoms with Gasteiger partial charge in [0.05, 0.1) is 15.6 Å². The Kier molecular flexibility index (Phi) is 4.82. The van der Waals surface area contributed by atoms with Gasteiger partial charge in [0.1, 0.15) is 0 Å². The summed E-state index contributed by atoms with van der Waals surface area (Å²) < 4.78 is 2.38. The molecule has 5 heteroatoms. The van der Waals surface area contributed by atoms with Crippen molar-refractivity contribution in [3.8, 4) is 0 Å². The number of hydrogen-bond donors (Lipinski definition) is 0. The van der Waals surface area contributed by atoms with Crippen LogP contribution in [0.25, 0.3) is 0 Å². The summed E-state index contributed by atoms with van der Waals surface area (Å²) in [6.07, 6.45) is 1.63. The lowest BCUT2D eigenvalue weighted by molar-refractivity contribution is 0.703. The van der Waals surface area contributed by atoms with E-state index < -0.39 is 0 Å². The molecule has 0 unspecified atom stereocenters. The average Bonchev–Trinajstić information content (AvgIpc) is 2.40. The van der Waals surface area contributed by atoms with Crippen LogP contribution in [-0.4, -0.2) is 15.3 Å². The second-order valence-electron chi connectivity index (χ2n) is 3.80. The van der Waals surface area contributed by atoms with Crippen LogP contribution in [0.4, 0.5) is 0 Å². The van der Waals surface area contributed by atoms with Gasteiger partial charge in [0, 0.05) is 17.2 Å². The Bertz CT molecular complexity index is 583. The summed E-state index contributed by atoms with van der Waals surface area (Å²) in [6, 6.07) is 10.2. The Labute approximate surface area is 124 Å². The quantitative estimate of drug-likeness (QED) is 0.612. The van der Waals surface area contributed by atoms with Gasteiger partial charge in [-0.2, -0.15) is 0 Å². The summed E-state index contributed by atoms with van der Waals surface area (Å²) in [5, 5.41) is 0. The molecule has 0 N–H and O–H groups in total. The van der Waals surface area contributed by atoms with E-state index in [2.05, 4.69) is 39.7 Å². The molecule has 0 radical (unpaired) electrons. The molecule has 1 aromatic heterocycles. The summed E-state index contributed by atoms with van der Waals surface area (Å²) in [5.74, 6) is 0.866. The van der Waals surface area contributed by atoms with Crippen LogP contribution in [0.1, 0.15) is 5.69 Å². The number of benzene rings is 1. The van der Waals surface area contributed by atoms with Crippen LogP contribution in [0.5, 0.6) is 0 Å². The molecule has 2 rings (SSSR count). The molecule has 94 valence electrons. The van der Waals surface area contributed by atoms with Gasteiger partial charge in [-0.3, -0.25) is 9.36 Å². The van der Waals surface area contributed by atoms with E-state index in [0.717, 1.165) is 11.4 Å². The predicted molar refractivity (Wildman–Crippen MR) is 83.1 cm³/mol. The third-order valence-electron chi connectivity index (χ3n) is 2.50. The zero-order chi connectivity index (χ0) is 13.0. The summed E-state index contributed by atoms with van der Waals surface area (Å²) in [7, 11) is 0. The van der Waals surface area contributed by atoms with Crippen molar-refractivity contribution >= 4 is 34.4 Å². The number of halogens is 1. The van der Waals surface area contributed by atoms with E-state index in [1.54, 1.807) is 22.7 Å². The Balaban J connectivity index is 1.99. The Morgan fingerprint density at radius 1 is 1.33 bits per heavy atom. The van der Waals surface area contributed by atoms with Gasteiger partial charge in [0.2, 0.25) is 0 Å². The Morgan fingerprint density at radius 2 is 2.06 bits per heavy atom. The molecule has 1 heterocycles. The number of rotatable bonds is 4. The van der Waals surface area contributed by atoms with Gasteiger partial charge in [-0.15, -0.1) is 11.8 Å². The molecule has 0 atom stereocenters. The third-order valence-corrected chi connectivity index (χ3v) is 4.74. The minimum atomic E-state index is 0.0526. The zero-order valence-electron chi connectivity index (χ0n) is 9.97. The molecule has 0 amide bonds. The standard InChI is InChI=1S/C13H13IN2OS/c1-10-12(14)13(17)16(9-15-10)7-8-18-11-5-3-2-4-6-11/h2-6,9H,7-8H2,1H3. The molecule has 18 heavy (non-hydrogen) atoms. The van der Waals surface area contributed by atoms with Crippen molar-refractivity contribution in [2.45, 2.75) is 18.4 Å². The summed E-state index contributed by atoms with van der Waals surface area (Å²) in [6.45, 7) is 2.54. The number of nitrogens with zero attached hydrogens (tertiary/aromatic N) is 2. The molecule has 0 spiro atoms. The van der Waals surface area contributed by atoms with E-state index in [1.165, 1.54) is 4.90 Å². The van der Waals surface area contributed by atoms with Gasteiger partial charge in [-0.25, -0.2) is 4.98 Å². The van der Waals surface area contributed by atoms with E-state index in [9.17, 15) is 4.79 Å². The fourth-order valence-electron chi connectivity index (χ4n) is 1.48. The van der Waals surface area contributed by atoms with Crippen molar-refractivity contribution < 1.29 is 0 Å². The van der Waals surface area contributed by atoms with Crippen molar-refractivity contribution in [2.24, 2.45) is 0 Å². The SMILES string of the molecule is Cc1ncn(CCSc2ccccc2)c(=O)c1I. The van der Waals surface area contributed by atoms with Crippen LogP contribution in [0.2, 0.25) is 0 Å². The third kappa shape index (κ3) is 3.35. The van der Waals surface area contributed by atoms with Crippen LogP contribution in [0, 0.1) is 10.5 Å². The number of aryl methyl sites for hydroxylation is 2. The fraction of sp³-hybridized carbons (Fsp3) is 0.231. The maximum absolute atomic E-state index is 11.9. The maximum Gasteiger partial charge on any atom is 0.267 e. The van der Waals surface area contributed by atoms with Crippen LogP contribution in [-0.2, 0) is 6.54 Å². The predicted octanol–water partition coefficient (Wildman–Crippen LogP) is 2.95. The van der Waals surface area contributed by atoms with Gasteiger partial charge in [-0.1, -0.05) is 18.2 Å². The van der Waals surface area contributed by atoms with E-state index in [4.69, 9.17) is 0 Å². The van der Waals surface area contributed by atoms with Crippen molar-refractivity contribution in [2.75, 3.05) is 5.75 Å². The molecule has 0 aliphatic carbocycles. The zero-order valence-corrected chi connectivity index (χ0v) is 12.9. The second-order valence-corrected chi connectivity index (χ2v) is 6.05. The lowest BCUT2D eigenvalue weighted by Crippen LogP contribution is -2.24. The topological polar surface area (TPSA) is 34.9 Å². The van der Waals surface area contributed by atoms with Gasteiger partial charge >= 0.3 is 0 Å². The highest BCUT2D eigenvalue weighted by atomic mass is 127. The lowest BCUT2D eigenvalue weighted by Gasteiger charge is -2.06. The molecular weight excluding hydrogens is 359 g/mol. The normalized spacial score (nSPS) is 10.6. The summed E-state index contributed by atoms with van der Waals surface area (Å²) >= 11 is 3.80. The fourth-order valence-corrected chi connectivity index (χ4v) is 2.81. The van der Waals surface area contributed by atoms with E-state index in [-0.39, 0.29) is 5.56 Å². The Hall–Kier alpha value is -0.820. The molecule has 0 fully saturated rings. The molecule has 0 saturated carbocycles. The van der Waals surface area contributed by atoms with Crippen molar-refractivity contribution in [1.29, 1.82) is 0 Å². The smallest absolute Gasteiger partial charge is 0.267 e. The highest BCUT2D eigenvalue weighted by Gasteiger charge is 2.04. The number of hydrogen-bond acceptors (Lipinski definition) is 3. The molecule has 0 saturated heterocycles. The maximum atomic E-state index is 11.9. The van der Waals surface area contributed by atoms with Crippen LogP contribution >= 0.6 is 34.4 Å². The summed E-state index contributed by atoms with van der Waals surface area (Å²) in [4.78, 5) is 17.4. The lowest BCUT2D eigenvalue weighted by atomic mass is 10.4. The van der Waals surface area contributed by atoms with E-state index in [1.807, 2.05) is 25.1 Å². The average molecular weight is 372 g/mol. The van der Waals surface area contributed by atoms with Crippen molar-refractivity contribution in [3.05, 3.63) is 56.3 Å². The van der Waals surface area contributed by atoms with Crippen molar-refractivity contribution in [3.63, 3.8) is 0 Å². The molecular formula is C13H13IN2OS. The second kappa shape index (κ2) is 6.38. The minimum Gasteiger partial charge on any atom is -0.298 e. The first kappa shape index (κ1) is 13.6. The van der Waals surface area contributed by atoms with E-state index in [0.29, 0.717) is 10.1 Å². The van der Waals surface area contributed by atoms with Gasteiger partial charge in [0.25, 0.3) is 5.56 Å². The van der Waals surface area contributed by atoms with Gasteiger partial charge in [-0.05, 0) is 41.6 Å². The molecule has 0 aliphatic heterocycles.